The van der Waals surface area contributed by atoms with Crippen LogP contribution >= 0.6 is 0 Å². The monoisotopic (exact) mass is 156 g/mol. The van der Waals surface area contributed by atoms with Gasteiger partial charge in [-0.2, -0.15) is 0 Å². The molecular formula is C8H16N2O. The summed E-state index contributed by atoms with van der Waals surface area (Å²) in [7, 11) is 1.69. The summed E-state index contributed by atoms with van der Waals surface area (Å²) in [5, 5.41) is 5.88. The minimum absolute atomic E-state index is 0.0579. The summed E-state index contributed by atoms with van der Waals surface area (Å²) in [6.07, 6.45) is 4.61. The Kier molecular flexibility index (Phi) is 3.36. The van der Waals surface area contributed by atoms with Crippen molar-refractivity contribution < 1.29 is 4.79 Å². The quantitative estimate of drug-likeness (QED) is 0.572. The molecule has 1 aliphatic heterocycles. The van der Waals surface area contributed by atoms with E-state index in [0.717, 1.165) is 13.0 Å². The molecule has 1 aliphatic rings. The summed E-state index contributed by atoms with van der Waals surface area (Å²) in [5.41, 5.74) is 0. The van der Waals surface area contributed by atoms with Crippen molar-refractivity contribution in [2.24, 2.45) is 0 Å². The number of hydrogen-bond acceptors (Lipinski definition) is 2. The second-order valence-electron chi connectivity index (χ2n) is 2.97. The Morgan fingerprint density at radius 3 is 3.00 bits per heavy atom. The van der Waals surface area contributed by atoms with Crippen LogP contribution < -0.4 is 10.6 Å². The second-order valence-corrected chi connectivity index (χ2v) is 2.97. The van der Waals surface area contributed by atoms with Crippen LogP contribution in [0.1, 0.15) is 25.7 Å². The molecule has 0 unspecified atom stereocenters. The molecule has 3 nitrogen and oxygen atoms in total. The van der Waals surface area contributed by atoms with E-state index in [-0.39, 0.29) is 11.9 Å². The molecule has 0 saturated carbocycles. The number of likely N-dealkylation sites (N-methyl/N-ethyl adjacent to an activating group) is 1. The van der Waals surface area contributed by atoms with Crippen LogP contribution in [0.25, 0.3) is 0 Å². The van der Waals surface area contributed by atoms with Crippen molar-refractivity contribution in [1.82, 2.24) is 10.6 Å². The zero-order chi connectivity index (χ0) is 8.10. The van der Waals surface area contributed by atoms with Crippen LogP contribution in [0.2, 0.25) is 0 Å². The van der Waals surface area contributed by atoms with E-state index in [1.807, 2.05) is 0 Å². The molecule has 2 N–H and O–H groups in total. The van der Waals surface area contributed by atoms with Crippen molar-refractivity contribution in [3.8, 4) is 0 Å². The lowest BCUT2D eigenvalue weighted by Gasteiger charge is -2.12. The van der Waals surface area contributed by atoms with Gasteiger partial charge in [-0.05, 0) is 19.4 Å². The fraction of sp³-hybridized carbons (Fsp3) is 0.875. The zero-order valence-corrected chi connectivity index (χ0v) is 7.02. The highest BCUT2D eigenvalue weighted by Gasteiger charge is 2.17. The van der Waals surface area contributed by atoms with Crippen LogP contribution in [0.15, 0.2) is 0 Å². The number of rotatable bonds is 1. The van der Waals surface area contributed by atoms with E-state index in [4.69, 9.17) is 0 Å². The predicted octanol–water partition coefficient (Wildman–Crippen LogP) is 0.265. The first-order valence-corrected chi connectivity index (χ1v) is 4.29. The van der Waals surface area contributed by atoms with Crippen molar-refractivity contribution in [3.05, 3.63) is 0 Å². The van der Waals surface area contributed by atoms with E-state index in [0.29, 0.717) is 0 Å². The molecule has 0 aromatic rings. The Bertz CT molecular complexity index is 128. The number of carbonyl (C=O) groups is 1. The van der Waals surface area contributed by atoms with Crippen molar-refractivity contribution in [3.63, 3.8) is 0 Å². The Labute approximate surface area is 67.5 Å². The van der Waals surface area contributed by atoms with Crippen molar-refractivity contribution in [2.75, 3.05) is 13.6 Å². The number of hydrogen-bond donors (Lipinski definition) is 2. The van der Waals surface area contributed by atoms with Gasteiger partial charge in [-0.25, -0.2) is 0 Å². The molecule has 1 atom stereocenters. The average Bonchev–Trinajstić information content (AvgIpc) is 2.30. The van der Waals surface area contributed by atoms with Gasteiger partial charge in [0.15, 0.2) is 0 Å². The molecule has 11 heavy (non-hydrogen) atoms. The van der Waals surface area contributed by atoms with E-state index >= 15 is 0 Å². The van der Waals surface area contributed by atoms with Gasteiger partial charge in [-0.15, -0.1) is 0 Å². The Balaban J connectivity index is 2.36. The van der Waals surface area contributed by atoms with Gasteiger partial charge in [0.2, 0.25) is 5.91 Å². The van der Waals surface area contributed by atoms with E-state index in [1.54, 1.807) is 7.05 Å². The molecule has 1 saturated heterocycles. The first kappa shape index (κ1) is 8.53. The molecule has 0 bridgehead atoms. The van der Waals surface area contributed by atoms with Crippen LogP contribution in [0, 0.1) is 0 Å². The van der Waals surface area contributed by atoms with Crippen LogP contribution in [0.3, 0.4) is 0 Å². The molecule has 1 amide bonds. The average molecular weight is 156 g/mol. The summed E-state index contributed by atoms with van der Waals surface area (Å²) in [6.45, 7) is 0.984. The van der Waals surface area contributed by atoms with Gasteiger partial charge < -0.3 is 10.6 Å². The topological polar surface area (TPSA) is 41.1 Å². The van der Waals surface area contributed by atoms with Crippen LogP contribution in [0.4, 0.5) is 0 Å². The van der Waals surface area contributed by atoms with Crippen molar-refractivity contribution in [2.45, 2.75) is 31.7 Å². The van der Waals surface area contributed by atoms with Gasteiger partial charge >= 0.3 is 0 Å². The highest BCUT2D eigenvalue weighted by Crippen LogP contribution is 2.07. The standard InChI is InChI=1S/C8H16N2O/c1-9-8(11)7-5-3-2-4-6-10-7/h7,10H,2-6H2,1H3,(H,9,11)/t7-/m0/s1. The summed E-state index contributed by atoms with van der Waals surface area (Å²) >= 11 is 0. The van der Waals surface area contributed by atoms with Crippen molar-refractivity contribution >= 4 is 5.91 Å². The summed E-state index contributed by atoms with van der Waals surface area (Å²) in [5.74, 6) is 0.131. The van der Waals surface area contributed by atoms with E-state index in [9.17, 15) is 4.79 Å². The van der Waals surface area contributed by atoms with Gasteiger partial charge in [0.25, 0.3) is 0 Å². The fourth-order valence-electron chi connectivity index (χ4n) is 1.43. The van der Waals surface area contributed by atoms with Crippen LogP contribution in [-0.2, 0) is 4.79 Å². The first-order valence-electron chi connectivity index (χ1n) is 4.29. The van der Waals surface area contributed by atoms with E-state index in [2.05, 4.69) is 10.6 Å². The summed E-state index contributed by atoms with van der Waals surface area (Å²) in [6, 6.07) is 0.0579. The number of nitrogens with one attached hydrogen (secondary N) is 2. The molecule has 3 heteroatoms. The third-order valence-corrected chi connectivity index (χ3v) is 2.12. The molecule has 1 rings (SSSR count). The Morgan fingerprint density at radius 1 is 1.45 bits per heavy atom. The Hall–Kier alpha value is -0.570. The molecule has 0 spiro atoms. The zero-order valence-electron chi connectivity index (χ0n) is 7.02. The molecule has 0 radical (unpaired) electrons. The lowest BCUT2D eigenvalue weighted by Crippen LogP contribution is -2.42. The third kappa shape index (κ3) is 2.50. The summed E-state index contributed by atoms with van der Waals surface area (Å²) in [4.78, 5) is 11.1. The molecule has 64 valence electrons. The van der Waals surface area contributed by atoms with E-state index < -0.39 is 0 Å². The first-order chi connectivity index (χ1) is 5.34. The highest BCUT2D eigenvalue weighted by atomic mass is 16.2. The van der Waals surface area contributed by atoms with Gasteiger partial charge in [0, 0.05) is 7.05 Å². The molecule has 1 fully saturated rings. The van der Waals surface area contributed by atoms with Crippen LogP contribution in [-0.4, -0.2) is 25.5 Å². The molecular weight excluding hydrogens is 140 g/mol. The molecule has 1 heterocycles. The minimum atomic E-state index is 0.0579. The van der Waals surface area contributed by atoms with Crippen molar-refractivity contribution in [1.29, 1.82) is 0 Å². The second kappa shape index (κ2) is 4.34. The maximum absolute atomic E-state index is 11.1. The van der Waals surface area contributed by atoms with Gasteiger partial charge in [0.05, 0.1) is 6.04 Å². The van der Waals surface area contributed by atoms with Gasteiger partial charge in [-0.1, -0.05) is 12.8 Å². The molecule has 0 aliphatic carbocycles. The normalized spacial score (nSPS) is 25.7. The molecule has 0 aromatic heterocycles. The third-order valence-electron chi connectivity index (χ3n) is 2.12. The van der Waals surface area contributed by atoms with Gasteiger partial charge in [-0.3, -0.25) is 4.79 Å². The summed E-state index contributed by atoms with van der Waals surface area (Å²) < 4.78 is 0. The highest BCUT2D eigenvalue weighted by molar-refractivity contribution is 5.81. The lowest BCUT2D eigenvalue weighted by molar-refractivity contribution is -0.122. The fourth-order valence-corrected chi connectivity index (χ4v) is 1.43. The number of amides is 1. The number of carbonyl (C=O) groups excluding carboxylic acids is 1. The minimum Gasteiger partial charge on any atom is -0.358 e. The van der Waals surface area contributed by atoms with Crippen LogP contribution in [0.5, 0.6) is 0 Å². The lowest BCUT2D eigenvalue weighted by atomic mass is 10.1. The largest absolute Gasteiger partial charge is 0.358 e. The Morgan fingerprint density at radius 2 is 2.27 bits per heavy atom. The van der Waals surface area contributed by atoms with Gasteiger partial charge in [0.1, 0.15) is 0 Å². The smallest absolute Gasteiger partial charge is 0.236 e. The maximum atomic E-state index is 11.1. The molecule has 0 aromatic carbocycles. The predicted molar refractivity (Wildman–Crippen MR) is 44.3 cm³/mol. The maximum Gasteiger partial charge on any atom is 0.236 e. The SMILES string of the molecule is CNC(=O)[C@@H]1CCCCCN1. The van der Waals surface area contributed by atoms with E-state index in [1.165, 1.54) is 19.3 Å².